The molecule has 5 nitrogen and oxygen atoms in total. The fraction of sp³-hybridized carbons (Fsp3) is 0.500. The average Bonchev–Trinajstić information content (AvgIpc) is 2.86. The van der Waals surface area contributed by atoms with E-state index in [2.05, 4.69) is 10.7 Å². The fourth-order valence-corrected chi connectivity index (χ4v) is 1.70. The van der Waals surface area contributed by atoms with Crippen molar-refractivity contribution in [1.82, 2.24) is 9.99 Å². The van der Waals surface area contributed by atoms with Crippen LogP contribution in [0.15, 0.2) is 24.5 Å². The van der Waals surface area contributed by atoms with Crippen LogP contribution >= 0.6 is 0 Å². The summed E-state index contributed by atoms with van der Waals surface area (Å²) in [5, 5.41) is 3.12. The van der Waals surface area contributed by atoms with Gasteiger partial charge in [0.2, 0.25) is 0 Å². The lowest BCUT2D eigenvalue weighted by Crippen LogP contribution is -2.38. The minimum Gasteiger partial charge on any atom is -0.380 e. The molecule has 2 atom stereocenters. The molecule has 1 amide bonds. The van der Waals surface area contributed by atoms with Gasteiger partial charge in [-0.05, 0) is 18.6 Å². The molecule has 2 heterocycles. The van der Waals surface area contributed by atoms with Crippen molar-refractivity contribution in [3.63, 3.8) is 0 Å². The number of hydrogen-bond acceptors (Lipinski definition) is 3. The minimum absolute atomic E-state index is 0.0225. The molecule has 82 valence electrons. The van der Waals surface area contributed by atoms with Crippen molar-refractivity contribution in [2.24, 2.45) is 0 Å². The predicted molar refractivity (Wildman–Crippen MR) is 56.0 cm³/mol. The molecule has 5 heteroatoms. The molecule has 1 aromatic heterocycles. The first-order valence-electron chi connectivity index (χ1n) is 4.99. The summed E-state index contributed by atoms with van der Waals surface area (Å²) in [5.74, 6) is -0.0225. The van der Waals surface area contributed by atoms with Crippen LogP contribution in [-0.4, -0.2) is 36.4 Å². The highest BCUT2D eigenvalue weighted by Crippen LogP contribution is 2.09. The van der Waals surface area contributed by atoms with Gasteiger partial charge < -0.3 is 10.1 Å². The Labute approximate surface area is 88.4 Å². The van der Waals surface area contributed by atoms with E-state index in [0.29, 0.717) is 0 Å². The van der Waals surface area contributed by atoms with Crippen molar-refractivity contribution in [3.05, 3.63) is 24.5 Å². The van der Waals surface area contributed by atoms with Crippen LogP contribution in [0, 0.1) is 0 Å². The van der Waals surface area contributed by atoms with Crippen molar-refractivity contribution in [2.75, 3.05) is 19.1 Å². The Morgan fingerprint density at radius 2 is 2.27 bits per heavy atom. The summed E-state index contributed by atoms with van der Waals surface area (Å²) in [4.78, 5) is 11.7. The number of amides is 1. The first-order chi connectivity index (χ1) is 7.29. The molecule has 2 N–H and O–H groups in total. The minimum atomic E-state index is -0.155. The van der Waals surface area contributed by atoms with Crippen LogP contribution in [0.25, 0.3) is 0 Å². The molecule has 0 spiro atoms. The Morgan fingerprint density at radius 1 is 1.53 bits per heavy atom. The number of ether oxygens (including phenoxy) is 1. The molecule has 2 rings (SSSR count). The first kappa shape index (κ1) is 10.2. The Morgan fingerprint density at radius 3 is 2.87 bits per heavy atom. The Balaban J connectivity index is 1.87. The quantitative estimate of drug-likeness (QED) is 0.733. The zero-order valence-electron chi connectivity index (χ0n) is 8.64. The molecule has 1 saturated heterocycles. The first-order valence-corrected chi connectivity index (χ1v) is 4.99. The zero-order valence-corrected chi connectivity index (χ0v) is 8.64. The molecule has 1 aliphatic heterocycles. The van der Waals surface area contributed by atoms with Gasteiger partial charge in [0.1, 0.15) is 0 Å². The van der Waals surface area contributed by atoms with Gasteiger partial charge in [-0.25, -0.2) is 0 Å². The molecule has 1 fully saturated rings. The number of hydrogen-bond donors (Lipinski definition) is 2. The van der Waals surface area contributed by atoms with Crippen LogP contribution < -0.4 is 10.7 Å². The van der Waals surface area contributed by atoms with Gasteiger partial charge in [0.25, 0.3) is 5.91 Å². The topological polar surface area (TPSA) is 55.3 Å². The highest BCUT2D eigenvalue weighted by Gasteiger charge is 2.29. The number of methoxy groups -OCH3 is 1. The van der Waals surface area contributed by atoms with E-state index < -0.39 is 0 Å². The Kier molecular flexibility index (Phi) is 3.03. The van der Waals surface area contributed by atoms with Crippen molar-refractivity contribution < 1.29 is 9.53 Å². The number of rotatable bonds is 3. The fourth-order valence-electron chi connectivity index (χ4n) is 1.70. The summed E-state index contributed by atoms with van der Waals surface area (Å²) < 4.78 is 6.82. The van der Waals surface area contributed by atoms with Crippen molar-refractivity contribution in [2.45, 2.75) is 18.6 Å². The molecule has 0 aromatic carbocycles. The summed E-state index contributed by atoms with van der Waals surface area (Å²) >= 11 is 0. The van der Waals surface area contributed by atoms with Crippen molar-refractivity contribution in [1.29, 1.82) is 0 Å². The number of carbonyl (C=O) groups excluding carboxylic acids is 1. The van der Waals surface area contributed by atoms with Crippen LogP contribution in [0.2, 0.25) is 0 Å². The number of aromatic nitrogens is 1. The van der Waals surface area contributed by atoms with Gasteiger partial charge in [0.15, 0.2) is 0 Å². The molecule has 1 aromatic rings. The second-order valence-electron chi connectivity index (χ2n) is 3.62. The van der Waals surface area contributed by atoms with E-state index in [9.17, 15) is 4.79 Å². The molecule has 0 radical (unpaired) electrons. The summed E-state index contributed by atoms with van der Waals surface area (Å²) in [7, 11) is 1.67. The SMILES string of the molecule is COC1CNC(C(=O)Nn2cccc2)C1. The molecule has 0 bridgehead atoms. The Hall–Kier alpha value is -1.33. The van der Waals surface area contributed by atoms with Gasteiger partial charge in [-0.2, -0.15) is 0 Å². The molecule has 0 saturated carbocycles. The maximum Gasteiger partial charge on any atom is 0.256 e. The maximum atomic E-state index is 11.7. The highest BCUT2D eigenvalue weighted by molar-refractivity contribution is 5.89. The summed E-state index contributed by atoms with van der Waals surface area (Å²) in [6, 6.07) is 3.57. The van der Waals surface area contributed by atoms with E-state index in [0.717, 1.165) is 13.0 Å². The van der Waals surface area contributed by atoms with E-state index in [1.165, 1.54) is 0 Å². The highest BCUT2D eigenvalue weighted by atomic mass is 16.5. The number of carbonyl (C=O) groups is 1. The molecule has 1 aliphatic rings. The largest absolute Gasteiger partial charge is 0.380 e. The van der Waals surface area contributed by atoms with E-state index in [1.807, 2.05) is 12.1 Å². The lowest BCUT2D eigenvalue weighted by molar-refractivity contribution is -0.118. The normalized spacial score (nSPS) is 25.4. The van der Waals surface area contributed by atoms with Gasteiger partial charge in [0.05, 0.1) is 12.1 Å². The predicted octanol–water partition coefficient (Wildman–Crippen LogP) is -0.0649. The molecule has 15 heavy (non-hydrogen) atoms. The second-order valence-corrected chi connectivity index (χ2v) is 3.62. The van der Waals surface area contributed by atoms with E-state index in [-0.39, 0.29) is 18.1 Å². The number of nitrogens with one attached hydrogen (secondary N) is 2. The molecule has 2 unspecified atom stereocenters. The van der Waals surface area contributed by atoms with Gasteiger partial charge in [-0.3, -0.25) is 14.9 Å². The van der Waals surface area contributed by atoms with Crippen LogP contribution in [-0.2, 0) is 9.53 Å². The average molecular weight is 209 g/mol. The monoisotopic (exact) mass is 209 g/mol. The number of nitrogens with zero attached hydrogens (tertiary/aromatic N) is 1. The molecular formula is C10H15N3O2. The van der Waals surface area contributed by atoms with Gasteiger partial charge >= 0.3 is 0 Å². The summed E-state index contributed by atoms with van der Waals surface area (Å²) in [6.45, 7) is 0.736. The second kappa shape index (κ2) is 4.46. The van der Waals surface area contributed by atoms with Crippen LogP contribution in [0.3, 0.4) is 0 Å². The molecular weight excluding hydrogens is 194 g/mol. The third kappa shape index (κ3) is 2.37. The van der Waals surface area contributed by atoms with Gasteiger partial charge in [-0.1, -0.05) is 0 Å². The lowest BCUT2D eigenvalue weighted by atomic mass is 10.2. The van der Waals surface area contributed by atoms with Gasteiger partial charge in [0, 0.05) is 26.0 Å². The van der Waals surface area contributed by atoms with Crippen molar-refractivity contribution >= 4 is 5.91 Å². The molecule has 0 aliphatic carbocycles. The van der Waals surface area contributed by atoms with Gasteiger partial charge in [-0.15, -0.1) is 0 Å². The smallest absolute Gasteiger partial charge is 0.256 e. The van der Waals surface area contributed by atoms with E-state index in [4.69, 9.17) is 4.74 Å². The van der Waals surface area contributed by atoms with Crippen LogP contribution in [0.4, 0.5) is 0 Å². The van der Waals surface area contributed by atoms with Crippen molar-refractivity contribution in [3.8, 4) is 0 Å². The third-order valence-electron chi connectivity index (χ3n) is 2.58. The van der Waals surface area contributed by atoms with E-state index >= 15 is 0 Å². The van der Waals surface area contributed by atoms with Crippen LogP contribution in [0.5, 0.6) is 0 Å². The summed E-state index contributed by atoms with van der Waals surface area (Å²) in [6.07, 6.45) is 4.45. The maximum absolute atomic E-state index is 11.7. The van der Waals surface area contributed by atoms with Crippen LogP contribution in [0.1, 0.15) is 6.42 Å². The summed E-state index contributed by atoms with van der Waals surface area (Å²) in [5.41, 5.74) is 2.77. The Bertz CT molecular complexity index is 323. The zero-order chi connectivity index (χ0) is 10.7. The van der Waals surface area contributed by atoms with E-state index in [1.54, 1.807) is 24.2 Å². The standard InChI is InChI=1S/C10H15N3O2/c1-15-8-6-9(11-7-8)10(14)12-13-4-2-3-5-13/h2-5,8-9,11H,6-7H2,1H3,(H,12,14). The lowest BCUT2D eigenvalue weighted by Gasteiger charge is -2.11. The third-order valence-corrected chi connectivity index (χ3v) is 2.58.